The normalized spacial score (nSPS) is 15.0. The van der Waals surface area contributed by atoms with Crippen molar-refractivity contribution < 1.29 is 5.11 Å². The van der Waals surface area contributed by atoms with Crippen LogP contribution in [0.15, 0.2) is 84.9 Å². The minimum atomic E-state index is -0.825. The summed E-state index contributed by atoms with van der Waals surface area (Å²) in [6.07, 6.45) is 9.06. The first-order chi connectivity index (χ1) is 17.5. The molecule has 3 aromatic carbocycles. The van der Waals surface area contributed by atoms with Crippen molar-refractivity contribution in [1.29, 1.82) is 0 Å². The van der Waals surface area contributed by atoms with E-state index >= 15 is 0 Å². The molecule has 0 spiro atoms. The van der Waals surface area contributed by atoms with Crippen molar-refractivity contribution in [2.75, 3.05) is 5.75 Å². The molecule has 5 rings (SSSR count). The molecule has 1 aliphatic carbocycles. The number of aryl methyl sites for hydroxylation is 1. The Morgan fingerprint density at radius 2 is 1.75 bits per heavy atom. The summed E-state index contributed by atoms with van der Waals surface area (Å²) < 4.78 is 0. The number of aromatic nitrogens is 1. The molecular formula is C33H35NOS. The van der Waals surface area contributed by atoms with Gasteiger partial charge in [0.15, 0.2) is 0 Å². The number of para-hydroxylation sites is 1. The van der Waals surface area contributed by atoms with Gasteiger partial charge in [0.25, 0.3) is 0 Å². The van der Waals surface area contributed by atoms with Gasteiger partial charge in [-0.05, 0) is 91.7 Å². The van der Waals surface area contributed by atoms with Gasteiger partial charge in [-0.25, -0.2) is 4.98 Å². The summed E-state index contributed by atoms with van der Waals surface area (Å²) >= 11 is 2.10. The summed E-state index contributed by atoms with van der Waals surface area (Å²) in [5.41, 5.74) is 6.05. The molecule has 0 bridgehead atoms. The van der Waals surface area contributed by atoms with Gasteiger partial charge in [0.05, 0.1) is 16.8 Å². The van der Waals surface area contributed by atoms with Crippen LogP contribution in [0.4, 0.5) is 0 Å². The summed E-state index contributed by atoms with van der Waals surface area (Å²) in [5, 5.41) is 12.3. The lowest BCUT2D eigenvalue weighted by atomic mass is 9.90. The highest BCUT2D eigenvalue weighted by Gasteiger charge is 2.25. The van der Waals surface area contributed by atoms with Gasteiger partial charge in [-0.15, -0.1) is 0 Å². The van der Waals surface area contributed by atoms with E-state index in [0.717, 1.165) is 35.5 Å². The van der Waals surface area contributed by atoms with Crippen LogP contribution in [0.5, 0.6) is 0 Å². The Balaban J connectivity index is 1.34. The molecule has 0 aliphatic heterocycles. The molecule has 0 saturated heterocycles. The van der Waals surface area contributed by atoms with E-state index in [-0.39, 0.29) is 0 Å². The average molecular weight is 494 g/mol. The van der Waals surface area contributed by atoms with Crippen molar-refractivity contribution in [3.63, 3.8) is 0 Å². The van der Waals surface area contributed by atoms with Crippen LogP contribution >= 0.6 is 11.8 Å². The highest BCUT2D eigenvalue weighted by Crippen LogP contribution is 2.41. The van der Waals surface area contributed by atoms with Gasteiger partial charge in [0, 0.05) is 10.6 Å². The van der Waals surface area contributed by atoms with E-state index in [1.54, 1.807) is 0 Å². The number of benzene rings is 3. The van der Waals surface area contributed by atoms with Crippen LogP contribution in [0.3, 0.4) is 0 Å². The molecular weight excluding hydrogens is 458 g/mol. The smallest absolute Gasteiger partial charge is 0.0843 e. The number of hydrogen-bond acceptors (Lipinski definition) is 3. The van der Waals surface area contributed by atoms with E-state index in [0.29, 0.717) is 5.25 Å². The SMILES string of the molecule is CC(C)(O)c1ccccc1CC[C@@H](SCC1CC1)c1cccc(C=Cc2ccc3ccccc3n2)c1. The monoisotopic (exact) mass is 493 g/mol. The second-order valence-electron chi connectivity index (χ2n) is 10.5. The van der Waals surface area contributed by atoms with E-state index in [9.17, 15) is 5.11 Å². The summed E-state index contributed by atoms with van der Waals surface area (Å²) in [4.78, 5) is 4.78. The highest BCUT2D eigenvalue weighted by molar-refractivity contribution is 7.99. The zero-order valence-electron chi connectivity index (χ0n) is 21.2. The zero-order chi connectivity index (χ0) is 25.0. The van der Waals surface area contributed by atoms with Gasteiger partial charge in [-0.1, -0.05) is 78.9 Å². The molecule has 0 unspecified atom stereocenters. The maximum absolute atomic E-state index is 10.7. The Morgan fingerprint density at radius 3 is 2.58 bits per heavy atom. The molecule has 0 amide bonds. The number of nitrogens with zero attached hydrogens (tertiary/aromatic N) is 1. The Labute approximate surface area is 219 Å². The minimum Gasteiger partial charge on any atom is -0.386 e. The summed E-state index contributed by atoms with van der Waals surface area (Å²) in [7, 11) is 0. The molecule has 1 N–H and O–H groups in total. The van der Waals surface area contributed by atoms with E-state index in [1.165, 1.54) is 40.7 Å². The molecule has 184 valence electrons. The van der Waals surface area contributed by atoms with E-state index < -0.39 is 5.60 Å². The maximum Gasteiger partial charge on any atom is 0.0843 e. The van der Waals surface area contributed by atoms with Crippen LogP contribution in [0.1, 0.15) is 66.3 Å². The van der Waals surface area contributed by atoms with Crippen LogP contribution in [-0.4, -0.2) is 15.8 Å². The Kier molecular flexibility index (Phi) is 7.59. The highest BCUT2D eigenvalue weighted by atomic mass is 32.2. The van der Waals surface area contributed by atoms with Crippen molar-refractivity contribution in [3.8, 4) is 0 Å². The quantitative estimate of drug-likeness (QED) is 0.241. The molecule has 1 aliphatic rings. The fourth-order valence-electron chi connectivity index (χ4n) is 4.72. The number of aliphatic hydroxyl groups is 1. The summed E-state index contributed by atoms with van der Waals surface area (Å²) in [6.45, 7) is 3.76. The van der Waals surface area contributed by atoms with Crippen LogP contribution in [0.25, 0.3) is 23.1 Å². The van der Waals surface area contributed by atoms with Crippen molar-refractivity contribution in [2.45, 2.75) is 50.4 Å². The van der Waals surface area contributed by atoms with Gasteiger partial charge in [0.2, 0.25) is 0 Å². The number of thioether (sulfide) groups is 1. The Morgan fingerprint density at radius 1 is 0.944 bits per heavy atom. The van der Waals surface area contributed by atoms with Gasteiger partial charge in [-0.2, -0.15) is 11.8 Å². The first-order valence-corrected chi connectivity index (χ1v) is 14.1. The molecule has 1 saturated carbocycles. The van der Waals surface area contributed by atoms with Crippen molar-refractivity contribution in [2.24, 2.45) is 5.92 Å². The molecule has 3 heteroatoms. The van der Waals surface area contributed by atoms with E-state index in [2.05, 4.69) is 90.6 Å². The fraction of sp³-hybridized carbons (Fsp3) is 0.303. The predicted molar refractivity (Wildman–Crippen MR) is 155 cm³/mol. The van der Waals surface area contributed by atoms with Crippen LogP contribution in [0, 0.1) is 5.92 Å². The average Bonchev–Trinajstić information content (AvgIpc) is 3.72. The fourth-order valence-corrected chi connectivity index (χ4v) is 6.19. The van der Waals surface area contributed by atoms with Crippen molar-refractivity contribution in [3.05, 3.63) is 113 Å². The lowest BCUT2D eigenvalue weighted by Crippen LogP contribution is -2.18. The van der Waals surface area contributed by atoms with Crippen molar-refractivity contribution in [1.82, 2.24) is 4.98 Å². The number of rotatable bonds is 10. The molecule has 4 aromatic rings. The second-order valence-corrected chi connectivity index (χ2v) is 11.7. The maximum atomic E-state index is 10.7. The van der Waals surface area contributed by atoms with Crippen LogP contribution in [-0.2, 0) is 12.0 Å². The lowest BCUT2D eigenvalue weighted by molar-refractivity contribution is 0.0776. The van der Waals surface area contributed by atoms with Gasteiger partial charge >= 0.3 is 0 Å². The van der Waals surface area contributed by atoms with Crippen LogP contribution in [0.2, 0.25) is 0 Å². The van der Waals surface area contributed by atoms with Gasteiger partial charge in [0.1, 0.15) is 0 Å². The second kappa shape index (κ2) is 11.0. The topological polar surface area (TPSA) is 33.1 Å². The van der Waals surface area contributed by atoms with E-state index in [4.69, 9.17) is 4.98 Å². The number of hydrogen-bond donors (Lipinski definition) is 1. The van der Waals surface area contributed by atoms with Gasteiger partial charge < -0.3 is 5.11 Å². The minimum absolute atomic E-state index is 0.438. The largest absolute Gasteiger partial charge is 0.386 e. The first kappa shape index (κ1) is 24.8. The number of pyridine rings is 1. The number of fused-ring (bicyclic) bond motifs is 1. The first-order valence-electron chi connectivity index (χ1n) is 13.0. The molecule has 0 radical (unpaired) electrons. The molecule has 36 heavy (non-hydrogen) atoms. The lowest BCUT2D eigenvalue weighted by Gasteiger charge is -2.23. The van der Waals surface area contributed by atoms with Crippen LogP contribution < -0.4 is 0 Å². The molecule has 1 heterocycles. The third-order valence-electron chi connectivity index (χ3n) is 6.93. The van der Waals surface area contributed by atoms with E-state index in [1.807, 2.05) is 32.0 Å². The summed E-state index contributed by atoms with van der Waals surface area (Å²) in [6, 6.07) is 29.8. The summed E-state index contributed by atoms with van der Waals surface area (Å²) in [5.74, 6) is 2.13. The molecule has 2 nitrogen and oxygen atoms in total. The van der Waals surface area contributed by atoms with Gasteiger partial charge in [-0.3, -0.25) is 0 Å². The third-order valence-corrected chi connectivity index (χ3v) is 8.51. The Bertz CT molecular complexity index is 1350. The molecule has 1 atom stereocenters. The zero-order valence-corrected chi connectivity index (χ0v) is 22.0. The Hall–Kier alpha value is -2.88. The third kappa shape index (κ3) is 6.46. The molecule has 1 fully saturated rings. The van der Waals surface area contributed by atoms with Crippen molar-refractivity contribution >= 4 is 34.8 Å². The molecule has 1 aromatic heterocycles. The predicted octanol–water partition coefficient (Wildman–Crippen LogP) is 8.45. The standard InChI is InChI=1S/C33H35NOS/c1-33(2,35)30-12-5-3-9-26(30)18-21-32(36-23-25-14-15-25)28-11-7-8-24(22-28)16-19-29-20-17-27-10-4-6-13-31(27)34-29/h3-13,16-17,19-20,22,25,32,35H,14-15,18,21,23H2,1-2H3/t32-/m1/s1.